The molecule has 0 saturated carbocycles. The number of allylic oxidation sites excluding steroid dienone is 1. The van der Waals surface area contributed by atoms with Gasteiger partial charge in [0.15, 0.2) is 6.73 Å². The fourth-order valence-electron chi connectivity index (χ4n) is 5.11. The minimum Gasteiger partial charge on any atom is -0.479 e. The molecule has 2 unspecified atom stereocenters. The van der Waals surface area contributed by atoms with E-state index in [4.69, 9.17) is 21.7 Å². The van der Waals surface area contributed by atoms with Crippen LogP contribution in [0.5, 0.6) is 0 Å². The molecule has 0 radical (unpaired) electrons. The zero-order valence-corrected chi connectivity index (χ0v) is 19.3. The third-order valence-corrected chi connectivity index (χ3v) is 7.03. The Balaban J connectivity index is 0.000000332. The average molecular weight is 456 g/mol. The van der Waals surface area contributed by atoms with Gasteiger partial charge in [-0.2, -0.15) is 0 Å². The number of nitrogens with zero attached hydrogens (tertiary/aromatic N) is 2. The van der Waals surface area contributed by atoms with Crippen molar-refractivity contribution in [1.29, 1.82) is 5.41 Å². The SMILES string of the molecule is C1=COCN=C1.CC1C(=N)C(c2ccc(Cl)nc2)Cc2c1ccc1c2CCc2ccccc2-1. The third-order valence-electron chi connectivity index (χ3n) is 6.80. The van der Waals surface area contributed by atoms with Gasteiger partial charge in [-0.15, -0.1) is 0 Å². The van der Waals surface area contributed by atoms with Crippen molar-refractivity contribution in [2.75, 3.05) is 6.73 Å². The summed E-state index contributed by atoms with van der Waals surface area (Å²) in [6.45, 7) is 2.65. The molecule has 0 bridgehead atoms. The van der Waals surface area contributed by atoms with Gasteiger partial charge in [-0.1, -0.05) is 61.0 Å². The molecule has 0 amide bonds. The lowest BCUT2D eigenvalue weighted by Gasteiger charge is -2.34. The highest BCUT2D eigenvalue weighted by atomic mass is 35.5. The number of ether oxygens (including phenoxy) is 1. The van der Waals surface area contributed by atoms with Gasteiger partial charge in [0, 0.05) is 30.0 Å². The average Bonchev–Trinajstić information content (AvgIpc) is 2.87. The van der Waals surface area contributed by atoms with Gasteiger partial charge in [0.25, 0.3) is 0 Å². The molecule has 3 aliphatic rings. The lowest BCUT2D eigenvalue weighted by molar-refractivity contribution is 0.259. The number of hydrogen-bond donors (Lipinski definition) is 1. The van der Waals surface area contributed by atoms with Crippen LogP contribution in [0.3, 0.4) is 0 Å². The summed E-state index contributed by atoms with van der Waals surface area (Å²) in [5.41, 5.74) is 10.3. The summed E-state index contributed by atoms with van der Waals surface area (Å²) >= 11 is 5.97. The molecule has 0 fully saturated rings. The van der Waals surface area contributed by atoms with Gasteiger partial charge in [0.05, 0.1) is 6.26 Å². The summed E-state index contributed by atoms with van der Waals surface area (Å²) in [4.78, 5) is 8.00. The number of hydrogen-bond acceptors (Lipinski definition) is 4. The number of rotatable bonds is 1. The van der Waals surface area contributed by atoms with Crippen molar-refractivity contribution < 1.29 is 4.74 Å². The second kappa shape index (κ2) is 9.32. The van der Waals surface area contributed by atoms with E-state index in [1.54, 1.807) is 18.6 Å². The first-order chi connectivity index (χ1) is 16.1. The number of benzene rings is 2. The van der Waals surface area contributed by atoms with E-state index in [0.717, 1.165) is 30.5 Å². The highest BCUT2D eigenvalue weighted by Crippen LogP contribution is 2.44. The first kappa shape index (κ1) is 21.6. The minimum atomic E-state index is 0.0842. The molecule has 2 aromatic carbocycles. The summed E-state index contributed by atoms with van der Waals surface area (Å²) < 4.78 is 4.69. The van der Waals surface area contributed by atoms with Crippen LogP contribution in [0.4, 0.5) is 0 Å². The van der Waals surface area contributed by atoms with Crippen molar-refractivity contribution in [3.05, 3.63) is 100 Å². The molecule has 1 aromatic heterocycles. The van der Waals surface area contributed by atoms with Crippen LogP contribution in [0.25, 0.3) is 11.1 Å². The van der Waals surface area contributed by atoms with Gasteiger partial charge < -0.3 is 10.1 Å². The smallest absolute Gasteiger partial charge is 0.178 e. The maximum atomic E-state index is 8.77. The van der Waals surface area contributed by atoms with Crippen LogP contribution in [0, 0.1) is 5.41 Å². The van der Waals surface area contributed by atoms with Gasteiger partial charge >= 0.3 is 0 Å². The lowest BCUT2D eigenvalue weighted by atomic mass is 9.69. The van der Waals surface area contributed by atoms with Crippen LogP contribution in [0.2, 0.25) is 5.15 Å². The molecule has 4 nitrogen and oxygen atoms in total. The molecule has 2 aliphatic carbocycles. The van der Waals surface area contributed by atoms with Gasteiger partial charge in [-0.05, 0) is 70.3 Å². The summed E-state index contributed by atoms with van der Waals surface area (Å²) in [6, 6.07) is 17.2. The van der Waals surface area contributed by atoms with Crippen LogP contribution in [-0.2, 0) is 24.0 Å². The maximum Gasteiger partial charge on any atom is 0.178 e. The Labute approximate surface area is 199 Å². The number of nitrogens with one attached hydrogen (secondary N) is 1. The molecule has 6 rings (SSSR count). The molecule has 2 atom stereocenters. The Morgan fingerprint density at radius 2 is 1.88 bits per heavy atom. The predicted octanol–water partition coefficient (Wildman–Crippen LogP) is 6.52. The second-order valence-electron chi connectivity index (χ2n) is 8.62. The van der Waals surface area contributed by atoms with E-state index in [0.29, 0.717) is 11.9 Å². The van der Waals surface area contributed by atoms with Crippen molar-refractivity contribution in [1.82, 2.24) is 4.98 Å². The van der Waals surface area contributed by atoms with Crippen LogP contribution in [0.1, 0.15) is 46.6 Å². The quantitative estimate of drug-likeness (QED) is 0.424. The summed E-state index contributed by atoms with van der Waals surface area (Å²) in [5, 5.41) is 9.27. The zero-order chi connectivity index (χ0) is 22.8. The second-order valence-corrected chi connectivity index (χ2v) is 9.01. The molecule has 33 heavy (non-hydrogen) atoms. The van der Waals surface area contributed by atoms with Gasteiger partial charge in [0.2, 0.25) is 0 Å². The van der Waals surface area contributed by atoms with Gasteiger partial charge in [0.1, 0.15) is 5.15 Å². The van der Waals surface area contributed by atoms with E-state index in [9.17, 15) is 0 Å². The van der Waals surface area contributed by atoms with Gasteiger partial charge in [-0.25, -0.2) is 4.98 Å². The largest absolute Gasteiger partial charge is 0.479 e. The first-order valence-electron chi connectivity index (χ1n) is 11.3. The van der Waals surface area contributed by atoms with Crippen LogP contribution in [-0.4, -0.2) is 23.6 Å². The number of halogens is 1. The topological polar surface area (TPSA) is 58.3 Å². The van der Waals surface area contributed by atoms with E-state index < -0.39 is 0 Å². The monoisotopic (exact) mass is 455 g/mol. The van der Waals surface area contributed by atoms with Crippen molar-refractivity contribution in [3.63, 3.8) is 0 Å². The minimum absolute atomic E-state index is 0.0842. The van der Waals surface area contributed by atoms with Crippen LogP contribution in [0.15, 0.2) is 72.1 Å². The fourth-order valence-corrected chi connectivity index (χ4v) is 5.22. The van der Waals surface area contributed by atoms with E-state index in [1.807, 2.05) is 18.3 Å². The normalized spacial score (nSPS) is 20.0. The standard InChI is InChI=1S/C24H21ClN2.C4H5NO/c1-14-17-9-10-19-18-5-3-2-4-15(18)6-8-20(19)22(17)12-21(24(14)26)16-7-11-23(25)27-13-16;1-2-5-4-6-3-1/h2-5,7,9-11,13-14,21,26H,6,8,12H2,1H3;1-3H,4H2. The summed E-state index contributed by atoms with van der Waals surface area (Å²) in [7, 11) is 0. The van der Waals surface area contributed by atoms with Crippen LogP contribution < -0.4 is 0 Å². The number of aryl methyl sites for hydroxylation is 1. The van der Waals surface area contributed by atoms with E-state index >= 15 is 0 Å². The highest BCUT2D eigenvalue weighted by molar-refractivity contribution is 6.29. The maximum absolute atomic E-state index is 8.77. The molecule has 0 spiro atoms. The Bertz CT molecular complexity index is 1230. The molecular weight excluding hydrogens is 430 g/mol. The molecule has 1 N–H and O–H groups in total. The zero-order valence-electron chi connectivity index (χ0n) is 18.6. The molecule has 166 valence electrons. The lowest BCUT2D eigenvalue weighted by Crippen LogP contribution is -2.28. The van der Waals surface area contributed by atoms with E-state index in [-0.39, 0.29) is 11.8 Å². The molecule has 1 aliphatic heterocycles. The van der Waals surface area contributed by atoms with E-state index in [2.05, 4.69) is 53.3 Å². The Kier molecular flexibility index (Phi) is 6.10. The molecular formula is C28H26ClN3O. The molecule has 3 aromatic rings. The summed E-state index contributed by atoms with van der Waals surface area (Å²) in [5.74, 6) is 0.220. The number of aliphatic imine (C=N–C) groups is 1. The molecule has 5 heteroatoms. The van der Waals surface area contributed by atoms with Crippen molar-refractivity contribution in [3.8, 4) is 11.1 Å². The number of pyridine rings is 1. The van der Waals surface area contributed by atoms with Gasteiger partial charge in [-0.3, -0.25) is 4.99 Å². The highest BCUT2D eigenvalue weighted by Gasteiger charge is 2.33. The molecule has 0 saturated heterocycles. The number of fused-ring (bicyclic) bond motifs is 5. The van der Waals surface area contributed by atoms with Crippen molar-refractivity contribution in [2.45, 2.75) is 38.0 Å². The Morgan fingerprint density at radius 3 is 2.58 bits per heavy atom. The fraction of sp³-hybridized carbons (Fsp3) is 0.250. The van der Waals surface area contributed by atoms with Crippen molar-refractivity contribution in [2.24, 2.45) is 4.99 Å². The first-order valence-corrected chi connectivity index (χ1v) is 11.7. The Hall–Kier alpha value is -3.24. The summed E-state index contributed by atoms with van der Waals surface area (Å²) in [6.07, 6.45) is 9.98. The third kappa shape index (κ3) is 4.23. The molecule has 2 heterocycles. The van der Waals surface area contributed by atoms with E-state index in [1.165, 1.54) is 33.4 Å². The van der Waals surface area contributed by atoms with Crippen molar-refractivity contribution >= 4 is 23.5 Å². The van der Waals surface area contributed by atoms with Crippen LogP contribution >= 0.6 is 11.6 Å². The Morgan fingerprint density at radius 1 is 1.00 bits per heavy atom. The number of aromatic nitrogens is 1. The predicted molar refractivity (Wildman–Crippen MR) is 135 cm³/mol.